The van der Waals surface area contributed by atoms with Crippen LogP contribution >= 0.6 is 0 Å². The number of fused-ring (bicyclic) bond motifs is 10. The molecule has 0 radical (unpaired) electrons. The lowest BCUT2D eigenvalue weighted by Gasteiger charge is -2.41. The van der Waals surface area contributed by atoms with Crippen molar-refractivity contribution in [2.75, 3.05) is 26.9 Å². The number of aliphatic imine (C=N–C) groups is 1. The summed E-state index contributed by atoms with van der Waals surface area (Å²) < 4.78 is 30.6. The van der Waals surface area contributed by atoms with E-state index in [4.69, 9.17) is 23.7 Å². The van der Waals surface area contributed by atoms with Gasteiger partial charge in [0, 0.05) is 49.2 Å². The van der Waals surface area contributed by atoms with Gasteiger partial charge in [-0.15, -0.1) is 0 Å². The molecule has 0 spiro atoms. The number of rotatable bonds is 5. The van der Waals surface area contributed by atoms with Gasteiger partial charge in [0.05, 0.1) is 43.0 Å². The fraction of sp³-hybridized carbons (Fsp3) is 0.391. The van der Waals surface area contributed by atoms with Crippen molar-refractivity contribution in [3.8, 4) is 29.3 Å². The van der Waals surface area contributed by atoms with E-state index < -0.39 is 30.7 Å². The number of ketones is 1. The highest BCUT2D eigenvalue weighted by atomic mass is 16.7. The first-order chi connectivity index (χ1) is 28.3. The second-order valence-electron chi connectivity index (χ2n) is 16.0. The SMILES string of the molecule is COc1cc2c3c(O)c(c4c(c3c1)CCC1CCCC41)C(=O)CN1Cc3c(cccc3C1=O)CC#COC1C(O)C(COCC3=C4[CH+]C=CC=C4N=C3)OC(O2)C1O. The highest BCUT2D eigenvalue weighted by Crippen LogP contribution is 2.54. The second-order valence-corrected chi connectivity index (χ2v) is 16.0. The van der Waals surface area contributed by atoms with Crippen LogP contribution in [0.4, 0.5) is 0 Å². The van der Waals surface area contributed by atoms with Gasteiger partial charge in [0.15, 0.2) is 23.7 Å². The van der Waals surface area contributed by atoms with Crippen molar-refractivity contribution >= 4 is 28.7 Å². The Hall–Kier alpha value is -5.58. The summed E-state index contributed by atoms with van der Waals surface area (Å²) in [5, 5.41) is 36.8. The lowest BCUT2D eigenvalue weighted by molar-refractivity contribution is -0.278. The molecule has 58 heavy (non-hydrogen) atoms. The van der Waals surface area contributed by atoms with Crippen molar-refractivity contribution in [2.45, 2.75) is 81.7 Å². The Morgan fingerprint density at radius 3 is 2.86 bits per heavy atom. The van der Waals surface area contributed by atoms with E-state index >= 15 is 0 Å². The molecule has 12 nitrogen and oxygen atoms in total. The summed E-state index contributed by atoms with van der Waals surface area (Å²) in [7, 11) is 1.53. The number of aromatic hydroxyl groups is 1. The average Bonchev–Trinajstić information content (AvgIpc) is 3.96. The number of nitrogens with zero attached hydrogens (tertiary/aromatic N) is 2. The number of phenols is 1. The number of phenolic OH excluding ortho intramolecular Hbond substituents is 1. The predicted octanol–water partition coefficient (Wildman–Crippen LogP) is 5.01. The molecule has 7 atom stereocenters. The van der Waals surface area contributed by atoms with E-state index in [2.05, 4.69) is 17.0 Å². The van der Waals surface area contributed by atoms with E-state index in [9.17, 15) is 24.9 Å². The van der Waals surface area contributed by atoms with Crippen LogP contribution in [0.15, 0.2) is 70.4 Å². The van der Waals surface area contributed by atoms with Gasteiger partial charge < -0.3 is 43.9 Å². The van der Waals surface area contributed by atoms with Crippen LogP contribution in [0.5, 0.6) is 17.2 Å². The molecular weight excluding hydrogens is 741 g/mol. The minimum absolute atomic E-state index is 0.0777. The van der Waals surface area contributed by atoms with Crippen molar-refractivity contribution in [3.63, 3.8) is 0 Å². The summed E-state index contributed by atoms with van der Waals surface area (Å²) in [4.78, 5) is 34.5. The van der Waals surface area contributed by atoms with Gasteiger partial charge in [0.1, 0.15) is 47.7 Å². The first-order valence-electron chi connectivity index (χ1n) is 20.0. The Bertz CT molecular complexity index is 2440. The summed E-state index contributed by atoms with van der Waals surface area (Å²) in [6, 6.07) is 8.85. The molecule has 6 bridgehead atoms. The Labute approximate surface area is 335 Å². The number of hydrogen-bond donors (Lipinski definition) is 3. The number of ether oxygens (including phenoxy) is 5. The largest absolute Gasteiger partial charge is 0.506 e. The fourth-order valence-electron chi connectivity index (χ4n) is 10.0. The van der Waals surface area contributed by atoms with Gasteiger partial charge in [-0.1, -0.05) is 24.5 Å². The number of carbonyl (C=O) groups is 2. The summed E-state index contributed by atoms with van der Waals surface area (Å²) in [5.74, 6) is 3.12. The third-order valence-corrected chi connectivity index (χ3v) is 12.8. The van der Waals surface area contributed by atoms with Crippen LogP contribution in [0.1, 0.15) is 74.6 Å². The van der Waals surface area contributed by atoms with Gasteiger partial charge in [-0.3, -0.25) is 9.59 Å². The molecule has 3 aliphatic carbocycles. The van der Waals surface area contributed by atoms with Crippen LogP contribution in [-0.4, -0.2) is 95.7 Å². The summed E-state index contributed by atoms with van der Waals surface area (Å²) >= 11 is 0. The van der Waals surface area contributed by atoms with Crippen LogP contribution in [0.25, 0.3) is 10.8 Å². The number of aryl methyl sites for hydroxylation is 1. The van der Waals surface area contributed by atoms with Crippen LogP contribution in [0.2, 0.25) is 0 Å². The lowest BCUT2D eigenvalue weighted by Crippen LogP contribution is -2.60. The molecule has 4 heterocycles. The average molecular weight is 784 g/mol. The Morgan fingerprint density at radius 2 is 1.98 bits per heavy atom. The summed E-state index contributed by atoms with van der Waals surface area (Å²) in [6.45, 7) is 0.0788. The van der Waals surface area contributed by atoms with Crippen molar-refractivity contribution in [1.82, 2.24) is 4.90 Å². The van der Waals surface area contributed by atoms with E-state index in [0.29, 0.717) is 29.0 Å². The molecule has 3 N–H and O–H groups in total. The monoisotopic (exact) mass is 783 g/mol. The third kappa shape index (κ3) is 6.07. The van der Waals surface area contributed by atoms with Gasteiger partial charge in [0.2, 0.25) is 6.29 Å². The van der Waals surface area contributed by atoms with Crippen molar-refractivity contribution in [3.05, 3.63) is 105 Å². The molecule has 12 heteroatoms. The summed E-state index contributed by atoms with van der Waals surface area (Å²) in [6.07, 6.45) is 10.2. The zero-order chi connectivity index (χ0) is 39.7. The molecule has 4 aliphatic heterocycles. The number of Topliss-reactive ketones (excluding diaryl/α,β-unsaturated/α-hetero) is 1. The van der Waals surface area contributed by atoms with Crippen molar-refractivity contribution in [1.29, 1.82) is 0 Å². The van der Waals surface area contributed by atoms with Crippen LogP contribution in [0, 0.1) is 24.4 Å². The smallest absolute Gasteiger partial charge is 0.254 e. The number of methoxy groups -OCH3 is 1. The molecule has 1 saturated carbocycles. The van der Waals surface area contributed by atoms with Gasteiger partial charge in [-0.05, 0) is 77.3 Å². The number of allylic oxidation sites excluding steroid dienone is 4. The van der Waals surface area contributed by atoms with Gasteiger partial charge in [0.25, 0.3) is 5.91 Å². The molecule has 2 fully saturated rings. The molecule has 3 aromatic rings. The first-order valence-corrected chi connectivity index (χ1v) is 20.0. The van der Waals surface area contributed by atoms with Crippen LogP contribution in [-0.2, 0) is 33.6 Å². The zero-order valence-corrected chi connectivity index (χ0v) is 32.0. The molecule has 7 aliphatic rings. The lowest BCUT2D eigenvalue weighted by atomic mass is 9.72. The normalized spacial score (nSPS) is 28.1. The number of carbonyl (C=O) groups excluding carboxylic acids is 2. The van der Waals surface area contributed by atoms with E-state index in [0.717, 1.165) is 64.8 Å². The molecule has 1 amide bonds. The topological polar surface area (TPSA) is 157 Å². The standard InChI is InChI=1S/C46H42N2O10/c1-54-27-17-32-30-15-14-25-8-4-11-29(25)38(30)40-35(49)21-48-20-33-24(7-5-12-31(33)45(48)53)9-6-16-56-44-41(50)37(23-55-22-26-19-47-34-13-3-2-10-28(26)34)58-46(43(44)52)57-36(18-27)39(32)42(40)51/h2-3,5,7,10,12-13,17-19,25,29,37,41,43-44,46,50,52H,4,8-9,11,14-15,20-23H2,1H3/p+1. The second kappa shape index (κ2) is 14.7. The maximum absolute atomic E-state index is 14.7. The van der Waals surface area contributed by atoms with Gasteiger partial charge in [-0.25, -0.2) is 0 Å². The highest BCUT2D eigenvalue weighted by Gasteiger charge is 2.48. The quantitative estimate of drug-likeness (QED) is 0.238. The number of benzene rings is 3. The molecule has 10 rings (SSSR count). The predicted molar refractivity (Wildman–Crippen MR) is 212 cm³/mol. The fourth-order valence-corrected chi connectivity index (χ4v) is 10.0. The maximum atomic E-state index is 14.7. The van der Waals surface area contributed by atoms with Gasteiger partial charge in [-0.2, -0.15) is 4.99 Å². The summed E-state index contributed by atoms with van der Waals surface area (Å²) in [5.41, 5.74) is 6.72. The van der Waals surface area contributed by atoms with Crippen LogP contribution < -0.4 is 9.47 Å². The first kappa shape index (κ1) is 36.7. The number of hydrogen-bond acceptors (Lipinski definition) is 11. The molecule has 1 saturated heterocycles. The minimum Gasteiger partial charge on any atom is -0.506 e. The Kier molecular flexibility index (Phi) is 9.29. The molecule has 296 valence electrons. The van der Waals surface area contributed by atoms with E-state index in [1.165, 1.54) is 12.0 Å². The molecule has 7 unspecified atom stereocenters. The molecular formula is C46H43N2O10+. The van der Waals surface area contributed by atoms with Crippen molar-refractivity contribution < 1.29 is 48.6 Å². The van der Waals surface area contributed by atoms with E-state index in [1.54, 1.807) is 24.4 Å². The van der Waals surface area contributed by atoms with Crippen molar-refractivity contribution in [2.24, 2.45) is 10.9 Å². The van der Waals surface area contributed by atoms with Crippen LogP contribution in [0.3, 0.4) is 0 Å². The zero-order valence-electron chi connectivity index (χ0n) is 32.0. The number of aliphatic hydroxyl groups excluding tert-OH is 2. The van der Waals surface area contributed by atoms with Gasteiger partial charge >= 0.3 is 0 Å². The van der Waals surface area contributed by atoms with E-state index in [-0.39, 0.29) is 72.8 Å². The Balaban J connectivity index is 1.08. The molecule has 3 aromatic carbocycles. The minimum atomic E-state index is -1.56. The number of amides is 1. The maximum Gasteiger partial charge on any atom is 0.254 e. The third-order valence-electron chi connectivity index (χ3n) is 12.8. The Morgan fingerprint density at radius 1 is 1.09 bits per heavy atom. The number of aliphatic hydroxyl groups is 2. The van der Waals surface area contributed by atoms with E-state index in [1.807, 2.05) is 36.8 Å². The highest BCUT2D eigenvalue weighted by molar-refractivity contribution is 6.12. The molecule has 0 aromatic heterocycles.